The van der Waals surface area contributed by atoms with Gasteiger partial charge in [-0.2, -0.15) is 0 Å². The number of nitrogens with one attached hydrogen (secondary N) is 1. The number of rotatable bonds is 1. The highest BCUT2D eigenvalue weighted by molar-refractivity contribution is 5.43. The van der Waals surface area contributed by atoms with Gasteiger partial charge in [-0.3, -0.25) is 0 Å². The van der Waals surface area contributed by atoms with E-state index in [0.29, 0.717) is 10.8 Å². The highest BCUT2D eigenvalue weighted by Crippen LogP contribution is 2.50. The van der Waals surface area contributed by atoms with Gasteiger partial charge in [0, 0.05) is 18.5 Å². The van der Waals surface area contributed by atoms with E-state index in [4.69, 9.17) is 0 Å². The monoisotopic (exact) mass is 229 g/mol. The Kier molecular flexibility index (Phi) is 2.38. The van der Waals surface area contributed by atoms with E-state index in [1.807, 2.05) is 0 Å². The maximum atomic E-state index is 3.56. The summed E-state index contributed by atoms with van der Waals surface area (Å²) in [5, 5.41) is 3.56. The van der Waals surface area contributed by atoms with Gasteiger partial charge in [0.05, 0.1) is 0 Å². The van der Waals surface area contributed by atoms with Crippen molar-refractivity contribution in [1.82, 2.24) is 5.32 Å². The van der Waals surface area contributed by atoms with Crippen molar-refractivity contribution >= 4 is 0 Å². The van der Waals surface area contributed by atoms with Crippen molar-refractivity contribution in [3.8, 4) is 0 Å². The second kappa shape index (κ2) is 3.58. The first-order valence-corrected chi connectivity index (χ1v) is 6.82. The lowest BCUT2D eigenvalue weighted by molar-refractivity contribution is 0.410. The lowest BCUT2D eigenvalue weighted by atomic mass is 9.83. The summed E-state index contributed by atoms with van der Waals surface area (Å²) in [7, 11) is 0. The summed E-state index contributed by atoms with van der Waals surface area (Å²) in [6.07, 6.45) is 3.95. The first-order valence-electron chi connectivity index (χ1n) is 6.82. The third-order valence-electron chi connectivity index (χ3n) is 4.11. The van der Waals surface area contributed by atoms with E-state index in [9.17, 15) is 0 Å². The lowest BCUT2D eigenvalue weighted by Gasteiger charge is -2.28. The Labute approximate surface area is 105 Å². The van der Waals surface area contributed by atoms with Crippen molar-refractivity contribution in [2.45, 2.75) is 52.0 Å². The third kappa shape index (κ3) is 2.13. The Hall–Kier alpha value is -0.820. The van der Waals surface area contributed by atoms with Crippen molar-refractivity contribution in [3.05, 3.63) is 34.9 Å². The Bertz CT molecular complexity index is 435. The molecular weight excluding hydrogens is 206 g/mol. The summed E-state index contributed by atoms with van der Waals surface area (Å²) < 4.78 is 0. The van der Waals surface area contributed by atoms with Gasteiger partial charge in [-0.25, -0.2) is 0 Å². The molecule has 2 aliphatic rings. The number of benzene rings is 1. The summed E-state index contributed by atoms with van der Waals surface area (Å²) in [4.78, 5) is 0. The Morgan fingerprint density at radius 1 is 1.24 bits per heavy atom. The van der Waals surface area contributed by atoms with Crippen LogP contribution in [0.4, 0.5) is 0 Å². The molecule has 1 aliphatic heterocycles. The van der Waals surface area contributed by atoms with Crippen molar-refractivity contribution in [2.75, 3.05) is 6.54 Å². The minimum atomic E-state index is 0.387. The predicted octanol–water partition coefficient (Wildman–Crippen LogP) is 3.41. The summed E-state index contributed by atoms with van der Waals surface area (Å²) in [5.41, 5.74) is 5.60. The molecule has 1 fully saturated rings. The summed E-state index contributed by atoms with van der Waals surface area (Å²) in [6.45, 7) is 9.22. The van der Waals surface area contributed by atoms with Gasteiger partial charge >= 0.3 is 0 Å². The van der Waals surface area contributed by atoms with Crippen molar-refractivity contribution in [1.29, 1.82) is 0 Å². The maximum Gasteiger partial charge on any atom is 0.0208 e. The largest absolute Gasteiger partial charge is 0.312 e. The van der Waals surface area contributed by atoms with E-state index in [1.54, 1.807) is 5.56 Å². The topological polar surface area (TPSA) is 12.0 Å². The number of hydrogen-bond donors (Lipinski definition) is 1. The number of fused-ring (bicyclic) bond motifs is 2. The molecule has 0 saturated heterocycles. The minimum absolute atomic E-state index is 0.387. The van der Waals surface area contributed by atoms with Gasteiger partial charge in [-0.15, -0.1) is 0 Å². The smallest absolute Gasteiger partial charge is 0.0208 e. The molecule has 0 unspecified atom stereocenters. The van der Waals surface area contributed by atoms with Crippen LogP contribution in [0.25, 0.3) is 0 Å². The van der Waals surface area contributed by atoms with Gasteiger partial charge in [0.1, 0.15) is 0 Å². The average molecular weight is 229 g/mol. The molecule has 17 heavy (non-hydrogen) atoms. The first kappa shape index (κ1) is 11.3. The zero-order valence-corrected chi connectivity index (χ0v) is 11.3. The molecule has 1 N–H and O–H groups in total. The van der Waals surface area contributed by atoms with Crippen LogP contribution in [0, 0.1) is 5.41 Å². The van der Waals surface area contributed by atoms with Gasteiger partial charge in [-0.1, -0.05) is 39.0 Å². The van der Waals surface area contributed by atoms with Crippen LogP contribution in [0.5, 0.6) is 0 Å². The highest BCUT2D eigenvalue weighted by Gasteiger charge is 2.46. The van der Waals surface area contributed by atoms with Crippen LogP contribution in [-0.2, 0) is 18.4 Å². The molecule has 1 heterocycles. The number of hydrogen-bond acceptors (Lipinski definition) is 1. The van der Waals surface area contributed by atoms with Crippen molar-refractivity contribution in [2.24, 2.45) is 5.41 Å². The molecule has 1 saturated carbocycles. The molecule has 0 radical (unpaired) electrons. The molecule has 1 nitrogen and oxygen atoms in total. The molecule has 1 aromatic rings. The van der Waals surface area contributed by atoms with E-state index in [1.165, 1.54) is 36.9 Å². The first-order chi connectivity index (χ1) is 7.99. The van der Waals surface area contributed by atoms with Gasteiger partial charge in [-0.05, 0) is 41.4 Å². The van der Waals surface area contributed by atoms with Crippen molar-refractivity contribution in [3.63, 3.8) is 0 Å². The van der Waals surface area contributed by atoms with E-state index in [2.05, 4.69) is 44.3 Å². The second-order valence-electron chi connectivity index (χ2n) is 7.11. The fourth-order valence-corrected chi connectivity index (χ4v) is 3.12. The Morgan fingerprint density at radius 3 is 2.65 bits per heavy atom. The van der Waals surface area contributed by atoms with Gasteiger partial charge in [0.25, 0.3) is 0 Å². The summed E-state index contributed by atoms with van der Waals surface area (Å²) in [6, 6.07) is 7.17. The molecule has 92 valence electrons. The van der Waals surface area contributed by atoms with Crippen LogP contribution in [0.15, 0.2) is 18.2 Å². The Balaban J connectivity index is 1.95. The van der Waals surface area contributed by atoms with Crippen LogP contribution < -0.4 is 5.32 Å². The molecule has 1 aromatic carbocycles. The second-order valence-corrected chi connectivity index (χ2v) is 7.11. The molecule has 0 atom stereocenters. The molecule has 0 amide bonds. The fourth-order valence-electron chi connectivity index (χ4n) is 3.12. The molecule has 1 aliphatic carbocycles. The summed E-state index contributed by atoms with van der Waals surface area (Å²) >= 11 is 0. The summed E-state index contributed by atoms with van der Waals surface area (Å²) in [5.74, 6) is 0. The fraction of sp³-hybridized carbons (Fsp3) is 0.625. The molecule has 1 spiro atoms. The zero-order valence-electron chi connectivity index (χ0n) is 11.3. The van der Waals surface area contributed by atoms with E-state index < -0.39 is 0 Å². The normalized spacial score (nSPS) is 21.4. The molecule has 0 aromatic heterocycles. The quantitative estimate of drug-likeness (QED) is 0.778. The Morgan fingerprint density at radius 2 is 2.00 bits per heavy atom. The van der Waals surface area contributed by atoms with Crippen molar-refractivity contribution < 1.29 is 0 Å². The predicted molar refractivity (Wildman–Crippen MR) is 72.2 cm³/mol. The van der Waals surface area contributed by atoms with Gasteiger partial charge in [0.2, 0.25) is 0 Å². The zero-order chi connectivity index (χ0) is 12.1. The van der Waals surface area contributed by atoms with Gasteiger partial charge in [0.15, 0.2) is 0 Å². The molecule has 0 bridgehead atoms. The van der Waals surface area contributed by atoms with Crippen LogP contribution in [0.1, 0.15) is 50.3 Å². The molecule has 1 heteroatoms. The lowest BCUT2D eigenvalue weighted by Crippen LogP contribution is -2.33. The molecule has 3 rings (SSSR count). The third-order valence-corrected chi connectivity index (χ3v) is 4.11. The van der Waals surface area contributed by atoms with Crippen LogP contribution in [0.3, 0.4) is 0 Å². The standard InChI is InChI=1S/C16H23N/c1-15(2,3)9-12-4-5-13-10-17-11-16(6-7-16)14(13)8-12/h4-5,8,17H,6-7,9-11H2,1-3H3. The highest BCUT2D eigenvalue weighted by atomic mass is 14.9. The van der Waals surface area contributed by atoms with E-state index in [0.717, 1.165) is 6.54 Å². The SMILES string of the molecule is CC(C)(C)Cc1ccc2c(c1)C1(CC1)CNC2. The van der Waals surface area contributed by atoms with Crippen LogP contribution >= 0.6 is 0 Å². The maximum absolute atomic E-state index is 3.56. The molecular formula is C16H23N. The average Bonchev–Trinajstić information content (AvgIpc) is 2.98. The van der Waals surface area contributed by atoms with E-state index >= 15 is 0 Å². The van der Waals surface area contributed by atoms with Gasteiger partial charge < -0.3 is 5.32 Å². The van der Waals surface area contributed by atoms with E-state index in [-0.39, 0.29) is 0 Å². The van der Waals surface area contributed by atoms with Crippen LogP contribution in [0.2, 0.25) is 0 Å². The minimum Gasteiger partial charge on any atom is -0.312 e. The van der Waals surface area contributed by atoms with Crippen LogP contribution in [-0.4, -0.2) is 6.54 Å².